The number of nitrogens with zero attached hydrogens (tertiary/aromatic N) is 3. The molecule has 6 heteroatoms. The van der Waals surface area contributed by atoms with Crippen molar-refractivity contribution in [3.05, 3.63) is 36.7 Å². The minimum atomic E-state index is -0.725. The van der Waals surface area contributed by atoms with Crippen LogP contribution in [0.3, 0.4) is 0 Å². The Hall–Kier alpha value is -2.94. The molecular formula is C16H16N4O2. The largest absolute Gasteiger partial charge is 0.334 e. The van der Waals surface area contributed by atoms with E-state index < -0.39 is 11.8 Å². The molecule has 0 bridgehead atoms. The molecule has 0 spiro atoms. The lowest BCUT2D eigenvalue weighted by Gasteiger charge is -2.22. The number of hydrogen-bond acceptors (Lipinski definition) is 4. The molecule has 0 saturated heterocycles. The molecule has 6 nitrogen and oxygen atoms in total. The molecule has 22 heavy (non-hydrogen) atoms. The normalized spacial score (nSPS) is 11.5. The van der Waals surface area contributed by atoms with E-state index in [1.807, 2.05) is 12.1 Å². The number of nitrogens with one attached hydrogen (secondary N) is 1. The lowest BCUT2D eigenvalue weighted by atomic mass is 10.1. The highest BCUT2D eigenvalue weighted by Crippen LogP contribution is 2.22. The van der Waals surface area contributed by atoms with Crippen molar-refractivity contribution in [3.63, 3.8) is 0 Å². The molecule has 2 rings (SSSR count). The first kappa shape index (κ1) is 15.4. The van der Waals surface area contributed by atoms with Crippen LogP contribution < -0.4 is 5.32 Å². The van der Waals surface area contributed by atoms with Gasteiger partial charge in [0, 0.05) is 41.9 Å². The SMILES string of the molecule is C[C@@H](CC#N)N(C)C(=O)C(=O)Nc1cccc2cnccc12. The van der Waals surface area contributed by atoms with E-state index in [0.717, 1.165) is 10.8 Å². The molecule has 1 aromatic carbocycles. The van der Waals surface area contributed by atoms with Crippen molar-refractivity contribution in [2.75, 3.05) is 12.4 Å². The van der Waals surface area contributed by atoms with E-state index >= 15 is 0 Å². The van der Waals surface area contributed by atoms with Crippen LogP contribution in [0.4, 0.5) is 5.69 Å². The number of benzene rings is 1. The summed E-state index contributed by atoms with van der Waals surface area (Å²) in [4.78, 5) is 29.5. The minimum Gasteiger partial charge on any atom is -0.334 e. The van der Waals surface area contributed by atoms with Gasteiger partial charge in [0.2, 0.25) is 0 Å². The topological polar surface area (TPSA) is 86.1 Å². The number of hydrogen-bond donors (Lipinski definition) is 1. The third-order valence-corrected chi connectivity index (χ3v) is 3.49. The maximum atomic E-state index is 12.1. The zero-order valence-electron chi connectivity index (χ0n) is 12.4. The van der Waals surface area contributed by atoms with Crippen LogP contribution in [0.2, 0.25) is 0 Å². The number of carbonyl (C=O) groups is 2. The second-order valence-electron chi connectivity index (χ2n) is 4.98. The molecule has 2 amide bonds. The van der Waals surface area contributed by atoms with Gasteiger partial charge >= 0.3 is 11.8 Å². The molecule has 112 valence electrons. The van der Waals surface area contributed by atoms with Crippen molar-refractivity contribution in [1.82, 2.24) is 9.88 Å². The van der Waals surface area contributed by atoms with Crippen molar-refractivity contribution in [2.24, 2.45) is 0 Å². The molecule has 0 aliphatic heterocycles. The Morgan fingerprint density at radius 2 is 2.18 bits per heavy atom. The molecule has 1 N–H and O–H groups in total. The molecule has 2 aromatic rings. The average Bonchev–Trinajstić information content (AvgIpc) is 2.54. The maximum Gasteiger partial charge on any atom is 0.313 e. The summed E-state index contributed by atoms with van der Waals surface area (Å²) in [7, 11) is 1.51. The second-order valence-corrected chi connectivity index (χ2v) is 4.98. The molecular weight excluding hydrogens is 280 g/mol. The highest BCUT2D eigenvalue weighted by atomic mass is 16.2. The highest BCUT2D eigenvalue weighted by Gasteiger charge is 2.23. The highest BCUT2D eigenvalue weighted by molar-refractivity contribution is 6.40. The van der Waals surface area contributed by atoms with Crippen LogP contribution >= 0.6 is 0 Å². The van der Waals surface area contributed by atoms with Gasteiger partial charge < -0.3 is 10.2 Å². The number of aromatic nitrogens is 1. The van der Waals surface area contributed by atoms with E-state index in [-0.39, 0.29) is 12.5 Å². The molecule has 0 saturated carbocycles. The molecule has 0 fully saturated rings. The average molecular weight is 296 g/mol. The smallest absolute Gasteiger partial charge is 0.313 e. The van der Waals surface area contributed by atoms with Gasteiger partial charge in [0.25, 0.3) is 0 Å². The molecule has 0 aliphatic carbocycles. The zero-order chi connectivity index (χ0) is 16.1. The van der Waals surface area contributed by atoms with Crippen LogP contribution in [-0.2, 0) is 9.59 Å². The van der Waals surface area contributed by atoms with Crippen LogP contribution in [0.1, 0.15) is 13.3 Å². The summed E-state index contributed by atoms with van der Waals surface area (Å²) in [6.45, 7) is 1.72. The van der Waals surface area contributed by atoms with Crippen molar-refractivity contribution < 1.29 is 9.59 Å². The predicted octanol–water partition coefficient (Wildman–Crippen LogP) is 1.93. The van der Waals surface area contributed by atoms with Crippen LogP contribution in [0.5, 0.6) is 0 Å². The molecule has 0 radical (unpaired) electrons. The van der Waals surface area contributed by atoms with Gasteiger partial charge in [-0.15, -0.1) is 0 Å². The summed E-state index contributed by atoms with van der Waals surface area (Å²) in [5.74, 6) is -1.40. The maximum absolute atomic E-state index is 12.1. The Kier molecular flexibility index (Phi) is 4.69. The minimum absolute atomic E-state index is 0.176. The van der Waals surface area contributed by atoms with E-state index in [9.17, 15) is 9.59 Å². The number of anilines is 1. The summed E-state index contributed by atoms with van der Waals surface area (Å²) < 4.78 is 0. The van der Waals surface area contributed by atoms with Crippen molar-refractivity contribution >= 4 is 28.3 Å². The predicted molar refractivity (Wildman–Crippen MR) is 82.8 cm³/mol. The lowest BCUT2D eigenvalue weighted by molar-refractivity contribution is -0.143. The number of likely N-dealkylation sites (N-methyl/N-ethyl adjacent to an activating group) is 1. The third-order valence-electron chi connectivity index (χ3n) is 3.49. The number of nitriles is 1. The summed E-state index contributed by atoms with van der Waals surface area (Å²) in [5, 5.41) is 13.0. The Morgan fingerprint density at radius 1 is 1.41 bits per heavy atom. The van der Waals surface area contributed by atoms with Crippen molar-refractivity contribution in [1.29, 1.82) is 5.26 Å². The summed E-state index contributed by atoms with van der Waals surface area (Å²) in [6, 6.07) is 8.83. The Balaban J connectivity index is 2.17. The molecule has 0 aliphatic rings. The van der Waals surface area contributed by atoms with E-state index in [1.54, 1.807) is 37.5 Å². The number of amides is 2. The van der Waals surface area contributed by atoms with Crippen molar-refractivity contribution in [2.45, 2.75) is 19.4 Å². The standard InChI is InChI=1S/C16H16N4O2/c1-11(6-8-17)20(2)16(22)15(21)19-14-5-3-4-12-10-18-9-7-13(12)14/h3-5,7,9-11H,6H2,1-2H3,(H,19,21)/t11-/m0/s1. The second kappa shape index (κ2) is 6.68. The van der Waals surface area contributed by atoms with Gasteiger partial charge in [0.05, 0.1) is 12.5 Å². The van der Waals surface area contributed by atoms with Crippen LogP contribution in [-0.4, -0.2) is 34.8 Å². The van der Waals surface area contributed by atoms with Crippen LogP contribution in [0.15, 0.2) is 36.7 Å². The zero-order valence-corrected chi connectivity index (χ0v) is 12.4. The van der Waals surface area contributed by atoms with Gasteiger partial charge in [-0.3, -0.25) is 14.6 Å². The fourth-order valence-corrected chi connectivity index (χ4v) is 2.04. The number of carbonyl (C=O) groups excluding carboxylic acids is 2. The van der Waals surface area contributed by atoms with Gasteiger partial charge in [-0.2, -0.15) is 5.26 Å². The van der Waals surface area contributed by atoms with E-state index in [1.165, 1.54) is 11.9 Å². The Morgan fingerprint density at radius 3 is 2.91 bits per heavy atom. The summed E-state index contributed by atoms with van der Waals surface area (Å²) in [6.07, 6.45) is 3.49. The number of fused-ring (bicyclic) bond motifs is 1. The molecule has 0 unspecified atom stereocenters. The summed E-state index contributed by atoms with van der Waals surface area (Å²) in [5.41, 5.74) is 0.555. The first-order valence-electron chi connectivity index (χ1n) is 6.82. The Bertz CT molecular complexity index is 746. The lowest BCUT2D eigenvalue weighted by Crippen LogP contribution is -2.42. The van der Waals surface area contributed by atoms with Gasteiger partial charge in [0.1, 0.15) is 0 Å². The quantitative estimate of drug-likeness (QED) is 0.877. The van der Waals surface area contributed by atoms with Crippen LogP contribution in [0.25, 0.3) is 10.8 Å². The molecule has 1 atom stereocenters. The Labute approximate surface area is 128 Å². The van der Waals surface area contributed by atoms with E-state index in [4.69, 9.17) is 5.26 Å². The number of rotatable bonds is 3. The third kappa shape index (κ3) is 3.20. The fourth-order valence-electron chi connectivity index (χ4n) is 2.04. The van der Waals surface area contributed by atoms with E-state index in [2.05, 4.69) is 10.3 Å². The number of pyridine rings is 1. The summed E-state index contributed by atoms with van der Waals surface area (Å²) >= 11 is 0. The van der Waals surface area contributed by atoms with Crippen LogP contribution in [0, 0.1) is 11.3 Å². The molecule has 1 aromatic heterocycles. The fraction of sp³-hybridized carbons (Fsp3) is 0.250. The first-order chi connectivity index (χ1) is 10.5. The van der Waals surface area contributed by atoms with Gasteiger partial charge in [0.15, 0.2) is 0 Å². The monoisotopic (exact) mass is 296 g/mol. The van der Waals surface area contributed by atoms with Gasteiger partial charge in [-0.05, 0) is 19.1 Å². The van der Waals surface area contributed by atoms with E-state index in [0.29, 0.717) is 5.69 Å². The first-order valence-corrected chi connectivity index (χ1v) is 6.82. The van der Waals surface area contributed by atoms with Gasteiger partial charge in [-0.25, -0.2) is 0 Å². The van der Waals surface area contributed by atoms with Gasteiger partial charge in [-0.1, -0.05) is 12.1 Å². The molecule has 1 heterocycles. The van der Waals surface area contributed by atoms with Crippen molar-refractivity contribution in [3.8, 4) is 6.07 Å².